The number of hydrogen-bond acceptors (Lipinski definition) is 5. The zero-order chi connectivity index (χ0) is 10.1. The first-order chi connectivity index (χ1) is 6.22. The minimum Gasteiger partial charge on any atom is -0.480 e. The highest BCUT2D eigenvalue weighted by Crippen LogP contribution is 2.14. The molecule has 0 aliphatic rings. The lowest BCUT2D eigenvalue weighted by atomic mass is 10.1. The minimum absolute atomic E-state index is 0.455. The van der Waals surface area contributed by atoms with Crippen LogP contribution in [0.15, 0.2) is 0 Å². The maximum Gasteiger partial charge on any atom is 0.321 e. The topological polar surface area (TPSA) is 75.3 Å². The lowest BCUT2D eigenvalue weighted by molar-refractivity contribution is -0.139. The highest BCUT2D eigenvalue weighted by atomic mass is 33.1. The molecule has 0 amide bonds. The number of aliphatic carboxylic acids is 1. The third kappa shape index (κ3) is 7.18. The molecular weight excluding hydrogens is 208 g/mol. The van der Waals surface area contributed by atoms with E-state index in [0.29, 0.717) is 13.0 Å². The standard InChI is InChI=1S/C7H16N2O2S2/c1-12-13-9-6(7(10)11)4-2-3-5-8/h6,9H,2-5,8H2,1H3,(H,10,11)/t6-/m0/s1. The van der Waals surface area contributed by atoms with Crippen molar-refractivity contribution < 1.29 is 9.90 Å². The minimum atomic E-state index is -0.793. The van der Waals surface area contributed by atoms with Gasteiger partial charge in [-0.2, -0.15) is 0 Å². The van der Waals surface area contributed by atoms with Crippen molar-refractivity contribution in [2.45, 2.75) is 25.3 Å². The first-order valence-corrected chi connectivity index (χ1v) is 6.66. The van der Waals surface area contributed by atoms with Gasteiger partial charge in [-0.05, 0) is 36.6 Å². The number of nitrogens with one attached hydrogen (secondary N) is 1. The Labute approximate surface area is 86.6 Å². The molecule has 0 aliphatic carbocycles. The summed E-state index contributed by atoms with van der Waals surface area (Å²) < 4.78 is 2.87. The Kier molecular flexibility index (Phi) is 8.74. The van der Waals surface area contributed by atoms with E-state index < -0.39 is 12.0 Å². The molecule has 0 bridgehead atoms. The van der Waals surface area contributed by atoms with E-state index >= 15 is 0 Å². The van der Waals surface area contributed by atoms with Crippen LogP contribution >= 0.6 is 21.8 Å². The van der Waals surface area contributed by atoms with Crippen LogP contribution in [-0.2, 0) is 4.79 Å². The average molecular weight is 224 g/mol. The fourth-order valence-electron chi connectivity index (χ4n) is 0.832. The maximum absolute atomic E-state index is 10.7. The Morgan fingerprint density at radius 2 is 2.31 bits per heavy atom. The molecule has 4 N–H and O–H groups in total. The Morgan fingerprint density at radius 1 is 1.62 bits per heavy atom. The van der Waals surface area contributed by atoms with Gasteiger partial charge in [-0.15, -0.1) is 0 Å². The molecular formula is C7H16N2O2S2. The molecule has 0 unspecified atom stereocenters. The number of carboxylic acid groups (broad SMARTS) is 1. The number of carboxylic acids is 1. The molecule has 0 rings (SSSR count). The Morgan fingerprint density at radius 3 is 2.77 bits per heavy atom. The zero-order valence-electron chi connectivity index (χ0n) is 7.66. The van der Waals surface area contributed by atoms with Crippen molar-refractivity contribution in [3.8, 4) is 0 Å². The van der Waals surface area contributed by atoms with Gasteiger partial charge in [-0.25, -0.2) is 4.72 Å². The van der Waals surface area contributed by atoms with E-state index in [0.717, 1.165) is 12.8 Å². The van der Waals surface area contributed by atoms with Gasteiger partial charge in [0.15, 0.2) is 0 Å². The second-order valence-corrected chi connectivity index (χ2v) is 4.78. The van der Waals surface area contributed by atoms with E-state index in [1.54, 1.807) is 0 Å². The van der Waals surface area contributed by atoms with Crippen molar-refractivity contribution in [3.63, 3.8) is 0 Å². The molecule has 0 aliphatic heterocycles. The molecule has 0 aromatic rings. The molecule has 6 heteroatoms. The third-order valence-electron chi connectivity index (χ3n) is 1.52. The lowest BCUT2D eigenvalue weighted by Crippen LogP contribution is -2.31. The van der Waals surface area contributed by atoms with Crippen LogP contribution in [0.3, 0.4) is 0 Å². The van der Waals surface area contributed by atoms with Gasteiger partial charge < -0.3 is 10.8 Å². The van der Waals surface area contributed by atoms with Gasteiger partial charge in [0.05, 0.1) is 0 Å². The summed E-state index contributed by atoms with van der Waals surface area (Å²) in [6, 6.07) is -0.455. The summed E-state index contributed by atoms with van der Waals surface area (Å²) in [5.74, 6) is -0.793. The summed E-state index contributed by atoms with van der Waals surface area (Å²) in [5.41, 5.74) is 5.31. The number of hydrogen-bond donors (Lipinski definition) is 3. The van der Waals surface area contributed by atoms with Gasteiger partial charge in [-0.3, -0.25) is 4.79 Å². The Balaban J connectivity index is 3.61. The predicted molar refractivity (Wildman–Crippen MR) is 58.6 cm³/mol. The van der Waals surface area contributed by atoms with Crippen LogP contribution in [0.4, 0.5) is 0 Å². The van der Waals surface area contributed by atoms with E-state index in [-0.39, 0.29) is 0 Å². The van der Waals surface area contributed by atoms with Crippen molar-refractivity contribution >= 4 is 27.7 Å². The molecule has 13 heavy (non-hydrogen) atoms. The van der Waals surface area contributed by atoms with Crippen LogP contribution in [0.25, 0.3) is 0 Å². The molecule has 0 saturated carbocycles. The summed E-state index contributed by atoms with van der Waals surface area (Å²) in [4.78, 5) is 10.7. The molecule has 78 valence electrons. The third-order valence-corrected chi connectivity index (χ3v) is 2.85. The molecule has 1 atom stereocenters. The molecule has 0 aromatic carbocycles. The highest BCUT2D eigenvalue weighted by molar-refractivity contribution is 8.75. The van der Waals surface area contributed by atoms with Crippen molar-refractivity contribution in [1.29, 1.82) is 0 Å². The van der Waals surface area contributed by atoms with Gasteiger partial charge >= 0.3 is 5.97 Å². The van der Waals surface area contributed by atoms with Crippen molar-refractivity contribution in [2.24, 2.45) is 5.73 Å². The van der Waals surface area contributed by atoms with Crippen LogP contribution in [-0.4, -0.2) is 29.9 Å². The lowest BCUT2D eigenvalue weighted by Gasteiger charge is -2.11. The van der Waals surface area contributed by atoms with Crippen LogP contribution in [0.1, 0.15) is 19.3 Å². The van der Waals surface area contributed by atoms with Crippen LogP contribution < -0.4 is 10.5 Å². The first-order valence-electron chi connectivity index (χ1n) is 4.10. The highest BCUT2D eigenvalue weighted by Gasteiger charge is 2.15. The number of carbonyl (C=O) groups is 1. The van der Waals surface area contributed by atoms with Gasteiger partial charge in [0, 0.05) is 0 Å². The second-order valence-electron chi connectivity index (χ2n) is 2.54. The fourth-order valence-corrected chi connectivity index (χ4v) is 1.90. The van der Waals surface area contributed by atoms with E-state index in [1.807, 2.05) is 6.26 Å². The molecule has 0 radical (unpaired) electrons. The Hall–Kier alpha value is 0.0900. The van der Waals surface area contributed by atoms with Crippen LogP contribution in [0.2, 0.25) is 0 Å². The number of unbranched alkanes of at least 4 members (excludes halogenated alkanes) is 1. The smallest absolute Gasteiger partial charge is 0.321 e. The first kappa shape index (κ1) is 13.1. The summed E-state index contributed by atoms with van der Waals surface area (Å²) in [5, 5.41) is 8.78. The molecule has 0 spiro atoms. The van der Waals surface area contributed by atoms with E-state index in [4.69, 9.17) is 10.8 Å². The summed E-state index contributed by atoms with van der Waals surface area (Å²) in [6.07, 6.45) is 4.28. The normalized spacial score (nSPS) is 12.8. The van der Waals surface area contributed by atoms with E-state index in [1.165, 1.54) is 21.8 Å². The zero-order valence-corrected chi connectivity index (χ0v) is 9.29. The molecule has 0 heterocycles. The second kappa shape index (κ2) is 8.68. The SMILES string of the molecule is CSSN[C@@H](CCCCN)C(=O)O. The van der Waals surface area contributed by atoms with Gasteiger partial charge in [-0.1, -0.05) is 17.2 Å². The summed E-state index contributed by atoms with van der Waals surface area (Å²) in [7, 11) is 2.86. The maximum atomic E-state index is 10.7. The fraction of sp³-hybridized carbons (Fsp3) is 0.857. The molecule has 0 saturated heterocycles. The van der Waals surface area contributed by atoms with Crippen molar-refractivity contribution in [1.82, 2.24) is 4.72 Å². The number of nitrogens with two attached hydrogens (primary N) is 1. The molecule has 4 nitrogen and oxygen atoms in total. The van der Waals surface area contributed by atoms with E-state index in [2.05, 4.69) is 4.72 Å². The average Bonchev–Trinajstić information content (AvgIpc) is 2.10. The van der Waals surface area contributed by atoms with E-state index in [9.17, 15) is 4.79 Å². The largest absolute Gasteiger partial charge is 0.480 e. The quantitative estimate of drug-likeness (QED) is 0.325. The monoisotopic (exact) mass is 224 g/mol. The molecule has 0 aromatic heterocycles. The van der Waals surface area contributed by atoms with Crippen molar-refractivity contribution in [3.05, 3.63) is 0 Å². The van der Waals surface area contributed by atoms with Crippen LogP contribution in [0, 0.1) is 0 Å². The summed E-state index contributed by atoms with van der Waals surface area (Å²) in [6.45, 7) is 0.627. The van der Waals surface area contributed by atoms with Crippen molar-refractivity contribution in [2.75, 3.05) is 12.8 Å². The van der Waals surface area contributed by atoms with Gasteiger partial charge in [0.25, 0.3) is 0 Å². The summed E-state index contributed by atoms with van der Waals surface area (Å²) >= 11 is 0. The predicted octanol–water partition coefficient (Wildman–Crippen LogP) is 1.08. The van der Waals surface area contributed by atoms with Gasteiger partial charge in [0.2, 0.25) is 0 Å². The van der Waals surface area contributed by atoms with Gasteiger partial charge in [0.1, 0.15) is 6.04 Å². The Bertz CT molecular complexity index is 146. The van der Waals surface area contributed by atoms with Crippen LogP contribution in [0.5, 0.6) is 0 Å². The number of rotatable bonds is 8. The molecule has 0 fully saturated rings.